The molecule has 1 aliphatic carbocycles. The number of amides is 1. The molecule has 1 N–H and O–H groups in total. The van der Waals surface area contributed by atoms with Crippen LogP contribution in [0.4, 0.5) is 0 Å². The molecule has 1 saturated carbocycles. The van der Waals surface area contributed by atoms with Crippen molar-refractivity contribution in [1.82, 2.24) is 25.5 Å². The van der Waals surface area contributed by atoms with E-state index in [1.165, 1.54) is 31.0 Å². The second-order valence-corrected chi connectivity index (χ2v) is 6.19. The maximum Gasteiger partial charge on any atom is 0.233 e. The van der Waals surface area contributed by atoms with Gasteiger partial charge in [-0.3, -0.25) is 4.79 Å². The summed E-state index contributed by atoms with van der Waals surface area (Å²) in [7, 11) is 0. The topological polar surface area (TPSA) is 72.7 Å². The van der Waals surface area contributed by atoms with Crippen LogP contribution < -0.4 is 5.32 Å². The zero-order chi connectivity index (χ0) is 13.7. The lowest BCUT2D eigenvalue weighted by Gasteiger charge is -2.24. The molecule has 0 aromatic carbocycles. The molecule has 1 atom stereocenters. The van der Waals surface area contributed by atoms with Crippen molar-refractivity contribution in [3.8, 4) is 0 Å². The minimum atomic E-state index is -0.168. The van der Waals surface area contributed by atoms with Crippen LogP contribution >= 0.6 is 11.8 Å². The number of aryl methyl sites for hydroxylation is 1. The van der Waals surface area contributed by atoms with Gasteiger partial charge in [0.1, 0.15) is 0 Å². The minimum absolute atomic E-state index is 0.0857. The van der Waals surface area contributed by atoms with Gasteiger partial charge in [0.15, 0.2) is 0 Å². The van der Waals surface area contributed by atoms with Gasteiger partial charge in [0.2, 0.25) is 11.1 Å². The Morgan fingerprint density at radius 2 is 2.21 bits per heavy atom. The Hall–Kier alpha value is -1.11. The molecule has 1 aromatic rings. The van der Waals surface area contributed by atoms with Gasteiger partial charge in [-0.1, -0.05) is 31.0 Å². The number of nitrogens with zero attached hydrogens (tertiary/aromatic N) is 4. The molecule has 19 heavy (non-hydrogen) atoms. The van der Waals surface area contributed by atoms with Crippen LogP contribution in [0.25, 0.3) is 0 Å². The first-order valence-electron chi connectivity index (χ1n) is 6.94. The second kappa shape index (κ2) is 6.88. The Bertz CT molecular complexity index is 416. The fraction of sp³-hybridized carbons (Fsp3) is 0.833. The van der Waals surface area contributed by atoms with Crippen molar-refractivity contribution in [3.05, 3.63) is 0 Å². The van der Waals surface area contributed by atoms with Crippen LogP contribution in [0.15, 0.2) is 5.16 Å². The number of hydrogen-bond donors (Lipinski definition) is 1. The molecule has 1 heterocycles. The Morgan fingerprint density at radius 1 is 1.47 bits per heavy atom. The summed E-state index contributed by atoms with van der Waals surface area (Å²) in [6, 6.07) is 0.353. The van der Waals surface area contributed by atoms with Crippen LogP contribution in [0, 0.1) is 0 Å². The van der Waals surface area contributed by atoms with Crippen molar-refractivity contribution < 1.29 is 4.79 Å². The zero-order valence-electron chi connectivity index (χ0n) is 11.5. The molecule has 0 unspecified atom stereocenters. The first-order chi connectivity index (χ1) is 9.20. The van der Waals surface area contributed by atoms with Crippen LogP contribution in [0.5, 0.6) is 0 Å². The quantitative estimate of drug-likeness (QED) is 0.831. The summed E-state index contributed by atoms with van der Waals surface area (Å²) in [6.07, 6.45) is 5.95. The standard InChI is InChI=1S/C12H21N5OS/c1-3-17-12(14-15-16-17)19-9(2)11(18)13-10-7-5-4-6-8-10/h9-10H,3-8H2,1-2H3,(H,13,18)/t9-/m1/s1. The smallest absolute Gasteiger partial charge is 0.233 e. The number of aromatic nitrogens is 4. The number of carbonyl (C=O) groups excluding carboxylic acids is 1. The van der Waals surface area contributed by atoms with E-state index in [9.17, 15) is 4.79 Å². The lowest BCUT2D eigenvalue weighted by Crippen LogP contribution is -2.40. The Balaban J connectivity index is 1.85. The van der Waals surface area contributed by atoms with Crippen LogP contribution in [-0.2, 0) is 11.3 Å². The number of thioether (sulfide) groups is 1. The fourth-order valence-electron chi connectivity index (χ4n) is 2.26. The van der Waals surface area contributed by atoms with Crippen molar-refractivity contribution in [2.45, 2.75) is 68.9 Å². The lowest BCUT2D eigenvalue weighted by atomic mass is 9.95. The molecule has 7 heteroatoms. The van der Waals surface area contributed by atoms with Gasteiger partial charge in [-0.15, -0.1) is 5.10 Å². The molecule has 1 aromatic heterocycles. The molecule has 1 fully saturated rings. The molecular weight excluding hydrogens is 262 g/mol. The van der Waals surface area contributed by atoms with E-state index in [0.29, 0.717) is 17.7 Å². The molecule has 6 nitrogen and oxygen atoms in total. The Labute approximate surface area is 117 Å². The van der Waals surface area contributed by atoms with Gasteiger partial charge >= 0.3 is 0 Å². The van der Waals surface area contributed by atoms with Crippen molar-refractivity contribution in [1.29, 1.82) is 0 Å². The van der Waals surface area contributed by atoms with E-state index >= 15 is 0 Å². The minimum Gasteiger partial charge on any atom is -0.352 e. The van der Waals surface area contributed by atoms with E-state index in [1.54, 1.807) is 4.68 Å². The Morgan fingerprint density at radius 3 is 2.89 bits per heavy atom. The first-order valence-corrected chi connectivity index (χ1v) is 7.82. The largest absolute Gasteiger partial charge is 0.352 e. The number of tetrazole rings is 1. The van der Waals surface area contributed by atoms with E-state index < -0.39 is 0 Å². The normalized spacial score (nSPS) is 18.2. The zero-order valence-corrected chi connectivity index (χ0v) is 12.3. The van der Waals surface area contributed by atoms with Crippen molar-refractivity contribution in [2.75, 3.05) is 0 Å². The number of rotatable bonds is 5. The molecular formula is C12H21N5OS. The van der Waals surface area contributed by atoms with Gasteiger partial charge in [-0.25, -0.2) is 4.68 Å². The lowest BCUT2D eigenvalue weighted by molar-refractivity contribution is -0.121. The molecule has 1 amide bonds. The van der Waals surface area contributed by atoms with Gasteiger partial charge in [0.25, 0.3) is 0 Å². The summed E-state index contributed by atoms with van der Waals surface area (Å²) >= 11 is 1.41. The van der Waals surface area contributed by atoms with Crippen molar-refractivity contribution in [2.24, 2.45) is 0 Å². The van der Waals surface area contributed by atoms with E-state index in [1.807, 2.05) is 13.8 Å². The molecule has 2 rings (SSSR count). The van der Waals surface area contributed by atoms with E-state index in [-0.39, 0.29) is 11.2 Å². The summed E-state index contributed by atoms with van der Waals surface area (Å²) in [6.45, 7) is 4.59. The molecule has 0 spiro atoms. The summed E-state index contributed by atoms with van der Waals surface area (Å²) in [4.78, 5) is 12.1. The van der Waals surface area contributed by atoms with Crippen LogP contribution in [0.3, 0.4) is 0 Å². The average Bonchev–Trinajstić information content (AvgIpc) is 2.87. The summed E-state index contributed by atoms with van der Waals surface area (Å²) in [5, 5.41) is 15.1. The molecule has 0 radical (unpaired) electrons. The monoisotopic (exact) mass is 283 g/mol. The highest BCUT2D eigenvalue weighted by atomic mass is 32.2. The fourth-order valence-corrected chi connectivity index (χ4v) is 3.12. The van der Waals surface area contributed by atoms with Gasteiger partial charge in [0.05, 0.1) is 5.25 Å². The Kier molecular flexibility index (Phi) is 5.18. The van der Waals surface area contributed by atoms with Crippen LogP contribution in [0.1, 0.15) is 46.0 Å². The molecule has 1 aliphatic rings. The third-order valence-corrected chi connectivity index (χ3v) is 4.47. The van der Waals surface area contributed by atoms with E-state index in [2.05, 4.69) is 20.8 Å². The first kappa shape index (κ1) is 14.3. The number of hydrogen-bond acceptors (Lipinski definition) is 5. The SMILES string of the molecule is CCn1nnnc1S[C@H](C)C(=O)NC1CCCCC1. The van der Waals surface area contributed by atoms with Crippen LogP contribution in [-0.4, -0.2) is 37.4 Å². The second-order valence-electron chi connectivity index (χ2n) is 4.88. The predicted molar refractivity (Wildman–Crippen MR) is 73.8 cm³/mol. The molecule has 0 bridgehead atoms. The van der Waals surface area contributed by atoms with Gasteiger partial charge in [0, 0.05) is 12.6 Å². The van der Waals surface area contributed by atoms with Gasteiger partial charge in [-0.2, -0.15) is 0 Å². The highest BCUT2D eigenvalue weighted by Gasteiger charge is 2.22. The summed E-state index contributed by atoms with van der Waals surface area (Å²) < 4.78 is 1.70. The number of nitrogens with one attached hydrogen (secondary N) is 1. The van der Waals surface area contributed by atoms with Crippen molar-refractivity contribution in [3.63, 3.8) is 0 Å². The third kappa shape index (κ3) is 3.92. The molecule has 106 valence electrons. The van der Waals surface area contributed by atoms with E-state index in [0.717, 1.165) is 12.8 Å². The van der Waals surface area contributed by atoms with Crippen molar-refractivity contribution >= 4 is 17.7 Å². The highest BCUT2D eigenvalue weighted by molar-refractivity contribution is 8.00. The molecule has 0 aliphatic heterocycles. The van der Waals surface area contributed by atoms with E-state index in [4.69, 9.17) is 0 Å². The van der Waals surface area contributed by atoms with Crippen LogP contribution in [0.2, 0.25) is 0 Å². The summed E-state index contributed by atoms with van der Waals surface area (Å²) in [5.41, 5.74) is 0. The molecule has 0 saturated heterocycles. The summed E-state index contributed by atoms with van der Waals surface area (Å²) in [5.74, 6) is 0.0857. The van der Waals surface area contributed by atoms with Gasteiger partial charge in [-0.05, 0) is 37.1 Å². The maximum absolute atomic E-state index is 12.1. The highest BCUT2D eigenvalue weighted by Crippen LogP contribution is 2.22. The number of carbonyl (C=O) groups is 1. The predicted octanol–water partition coefficient (Wildman–Crippen LogP) is 1.62. The average molecular weight is 283 g/mol. The third-order valence-electron chi connectivity index (χ3n) is 3.40. The van der Waals surface area contributed by atoms with Gasteiger partial charge < -0.3 is 5.32 Å². The maximum atomic E-state index is 12.1.